The van der Waals surface area contributed by atoms with Gasteiger partial charge in [-0.3, -0.25) is 4.79 Å². The summed E-state index contributed by atoms with van der Waals surface area (Å²) in [4.78, 5) is 11.7. The third kappa shape index (κ3) is 2.40. The highest BCUT2D eigenvalue weighted by Gasteiger charge is 2.67. The lowest BCUT2D eigenvalue weighted by Gasteiger charge is -2.64. The monoisotopic (exact) mass is 357 g/mol. The Morgan fingerprint density at radius 1 is 1.19 bits per heavy atom. The van der Waals surface area contributed by atoms with Gasteiger partial charge in [0.25, 0.3) is 5.91 Å². The average Bonchev–Trinajstić information content (AvgIpc) is 2.76. The quantitative estimate of drug-likeness (QED) is 0.737. The first-order valence-electron chi connectivity index (χ1n) is 10.6. The fraction of sp³-hybridized carbons (Fsp3) is 0.870. The van der Waals surface area contributed by atoms with Crippen molar-refractivity contribution in [1.82, 2.24) is 5.32 Å². The summed E-state index contributed by atoms with van der Waals surface area (Å²) in [5.74, 6) is 3.73. The summed E-state index contributed by atoms with van der Waals surface area (Å²) in [6.45, 7) is 7.89. The van der Waals surface area contributed by atoms with Crippen molar-refractivity contribution in [2.45, 2.75) is 84.2 Å². The van der Waals surface area contributed by atoms with Gasteiger partial charge >= 0.3 is 0 Å². The maximum Gasteiger partial charge on any atom is 0.295 e. The molecule has 0 saturated heterocycles. The Bertz CT molecular complexity index is 653. The number of fused-ring (bicyclic) bond motifs is 3. The van der Waals surface area contributed by atoms with Crippen molar-refractivity contribution in [3.63, 3.8) is 0 Å². The fourth-order valence-corrected chi connectivity index (χ4v) is 8.44. The zero-order chi connectivity index (χ0) is 18.8. The van der Waals surface area contributed by atoms with Crippen LogP contribution in [0.25, 0.3) is 0 Å². The lowest BCUT2D eigenvalue weighted by molar-refractivity contribution is -0.164. The molecular formula is C23H35NO2. The highest BCUT2D eigenvalue weighted by atomic mass is 16.3. The number of aliphatic hydroxyl groups is 1. The number of hydrogen-bond acceptors (Lipinski definition) is 2. The molecule has 26 heavy (non-hydrogen) atoms. The molecule has 3 nitrogen and oxygen atoms in total. The van der Waals surface area contributed by atoms with E-state index in [2.05, 4.69) is 32.0 Å². The van der Waals surface area contributed by atoms with Gasteiger partial charge in [0.05, 0.1) is 5.60 Å². The van der Waals surface area contributed by atoms with E-state index in [-0.39, 0.29) is 11.3 Å². The van der Waals surface area contributed by atoms with Crippen LogP contribution < -0.4 is 5.32 Å². The van der Waals surface area contributed by atoms with Crippen molar-refractivity contribution < 1.29 is 9.90 Å². The molecule has 3 unspecified atom stereocenters. The van der Waals surface area contributed by atoms with Gasteiger partial charge < -0.3 is 10.4 Å². The lowest BCUT2D eigenvalue weighted by Crippen LogP contribution is -2.59. The fourth-order valence-electron chi connectivity index (χ4n) is 8.44. The largest absolute Gasteiger partial charge is 0.390 e. The van der Waals surface area contributed by atoms with Crippen LogP contribution in [-0.2, 0) is 4.79 Å². The van der Waals surface area contributed by atoms with Crippen molar-refractivity contribution in [2.24, 2.45) is 34.0 Å². The van der Waals surface area contributed by atoms with Crippen LogP contribution in [0.1, 0.15) is 78.6 Å². The predicted octanol–water partition coefficient (Wildman–Crippen LogP) is 3.90. The minimum Gasteiger partial charge on any atom is -0.390 e. The number of hydrogen-bond donors (Lipinski definition) is 2. The molecule has 4 aliphatic carbocycles. The minimum atomic E-state index is -0.404. The molecular weight excluding hydrogens is 322 g/mol. The Labute approximate surface area is 158 Å². The van der Waals surface area contributed by atoms with E-state index in [1.165, 1.54) is 44.9 Å². The first-order chi connectivity index (χ1) is 12.2. The zero-order valence-corrected chi connectivity index (χ0v) is 16.7. The predicted molar refractivity (Wildman–Crippen MR) is 103 cm³/mol. The lowest BCUT2D eigenvalue weighted by atomic mass is 9.41. The van der Waals surface area contributed by atoms with Gasteiger partial charge in [-0.25, -0.2) is 0 Å². The van der Waals surface area contributed by atoms with Crippen LogP contribution in [0, 0.1) is 46.3 Å². The highest BCUT2D eigenvalue weighted by Crippen LogP contribution is 2.72. The Balaban J connectivity index is 1.62. The molecule has 0 aromatic carbocycles. The van der Waals surface area contributed by atoms with E-state index in [1.807, 2.05) is 0 Å². The smallest absolute Gasteiger partial charge is 0.295 e. The molecule has 0 radical (unpaired) electrons. The van der Waals surface area contributed by atoms with E-state index < -0.39 is 5.60 Å². The molecule has 0 heterocycles. The molecule has 4 aliphatic rings. The summed E-state index contributed by atoms with van der Waals surface area (Å²) in [6, 6.07) is 0. The van der Waals surface area contributed by atoms with Gasteiger partial charge in [-0.2, -0.15) is 0 Å². The summed E-state index contributed by atoms with van der Waals surface area (Å²) in [5, 5.41) is 14.1. The number of carbonyl (C=O) groups excluding carboxylic acids is 1. The molecule has 2 N–H and O–H groups in total. The molecule has 0 aliphatic heterocycles. The normalized spacial score (nSPS) is 52.5. The molecule has 1 spiro atoms. The van der Waals surface area contributed by atoms with Crippen LogP contribution in [0.5, 0.6) is 0 Å². The Morgan fingerprint density at radius 2 is 1.92 bits per heavy atom. The molecule has 0 aromatic rings. The third-order valence-electron chi connectivity index (χ3n) is 9.50. The highest BCUT2D eigenvalue weighted by molar-refractivity contribution is 5.92. The SMILES string of the molecule is C#CC(=O)NC[C@]1(C)CCC[C@]2(C)C1CC[C@]13CC(C)[C@](O)(CCC12)C3. The average molecular weight is 358 g/mol. The van der Waals surface area contributed by atoms with Crippen molar-refractivity contribution in [1.29, 1.82) is 0 Å². The van der Waals surface area contributed by atoms with Gasteiger partial charge in [0.1, 0.15) is 0 Å². The van der Waals surface area contributed by atoms with E-state index in [9.17, 15) is 9.90 Å². The maximum absolute atomic E-state index is 11.7. The van der Waals surface area contributed by atoms with E-state index in [0.29, 0.717) is 29.2 Å². The summed E-state index contributed by atoms with van der Waals surface area (Å²) < 4.78 is 0. The second-order valence-electron chi connectivity index (χ2n) is 10.8. The summed E-state index contributed by atoms with van der Waals surface area (Å²) in [7, 11) is 0. The van der Waals surface area contributed by atoms with Gasteiger partial charge in [-0.15, -0.1) is 6.42 Å². The maximum atomic E-state index is 11.7. The first kappa shape index (κ1) is 18.4. The molecule has 1 amide bonds. The van der Waals surface area contributed by atoms with Crippen molar-refractivity contribution in [2.75, 3.05) is 6.54 Å². The Hall–Kier alpha value is -1.01. The van der Waals surface area contributed by atoms with E-state index in [0.717, 1.165) is 18.8 Å². The minimum absolute atomic E-state index is 0.138. The van der Waals surface area contributed by atoms with Gasteiger partial charge in [0.15, 0.2) is 0 Å². The number of rotatable bonds is 2. The molecule has 2 bridgehead atoms. The zero-order valence-electron chi connectivity index (χ0n) is 16.7. The standard InChI is InChI=1S/C23H35NO2/c1-5-19(25)24-15-20(3)9-6-10-21(4)17(20)7-11-22-13-16(2)23(26,14-22)12-8-18(21)22/h1,16-18,26H,6-15H2,2-4H3,(H,24,25)/t16?,17?,18?,20-,21+,22+,23-/m0/s1. The van der Waals surface area contributed by atoms with Crippen molar-refractivity contribution in [3.05, 3.63) is 0 Å². The van der Waals surface area contributed by atoms with Crippen LogP contribution in [0.3, 0.4) is 0 Å². The van der Waals surface area contributed by atoms with E-state index in [4.69, 9.17) is 6.42 Å². The topological polar surface area (TPSA) is 49.3 Å². The van der Waals surface area contributed by atoms with Crippen LogP contribution >= 0.6 is 0 Å². The molecule has 3 heteroatoms. The van der Waals surface area contributed by atoms with Crippen LogP contribution in [-0.4, -0.2) is 23.2 Å². The Kier molecular flexibility index (Phi) is 4.05. The molecule has 0 aromatic heterocycles. The number of nitrogens with one attached hydrogen (secondary N) is 1. The van der Waals surface area contributed by atoms with E-state index in [1.54, 1.807) is 0 Å². The second kappa shape index (κ2) is 5.74. The van der Waals surface area contributed by atoms with Crippen molar-refractivity contribution in [3.8, 4) is 12.3 Å². The third-order valence-corrected chi connectivity index (χ3v) is 9.50. The summed E-state index contributed by atoms with van der Waals surface area (Å²) in [6.07, 6.45) is 15.9. The molecule has 4 saturated carbocycles. The summed E-state index contributed by atoms with van der Waals surface area (Å²) >= 11 is 0. The van der Waals surface area contributed by atoms with E-state index >= 15 is 0 Å². The van der Waals surface area contributed by atoms with Gasteiger partial charge in [0.2, 0.25) is 0 Å². The molecule has 4 rings (SSSR count). The van der Waals surface area contributed by atoms with Crippen LogP contribution in [0.4, 0.5) is 0 Å². The van der Waals surface area contributed by atoms with Gasteiger partial charge in [-0.1, -0.05) is 27.2 Å². The van der Waals surface area contributed by atoms with Crippen LogP contribution in [0.15, 0.2) is 0 Å². The van der Waals surface area contributed by atoms with Crippen LogP contribution in [0.2, 0.25) is 0 Å². The van der Waals surface area contributed by atoms with Gasteiger partial charge in [-0.05, 0) is 91.3 Å². The molecule has 144 valence electrons. The summed E-state index contributed by atoms with van der Waals surface area (Å²) in [5.41, 5.74) is 0.424. The number of terminal acetylenes is 1. The number of carbonyl (C=O) groups is 1. The Morgan fingerprint density at radius 3 is 2.65 bits per heavy atom. The van der Waals surface area contributed by atoms with Gasteiger partial charge in [0, 0.05) is 6.54 Å². The van der Waals surface area contributed by atoms with Crippen molar-refractivity contribution >= 4 is 5.91 Å². The molecule has 4 fully saturated rings. The second-order valence-corrected chi connectivity index (χ2v) is 10.8. The first-order valence-corrected chi connectivity index (χ1v) is 10.6. The number of amides is 1. The molecule has 7 atom stereocenters.